The Balaban J connectivity index is 3.17. The summed E-state index contributed by atoms with van der Waals surface area (Å²) in [6.07, 6.45) is -0.0256. The molecule has 1 N–H and O–H groups in total. The molecule has 0 fully saturated rings. The fraction of sp³-hybridized carbons (Fsp3) is 0.647. The van der Waals surface area contributed by atoms with Gasteiger partial charge in [0.2, 0.25) is 0 Å². The van der Waals surface area contributed by atoms with E-state index in [2.05, 4.69) is 0 Å². The number of aliphatic hydroxyl groups excluding tert-OH is 1. The highest BCUT2D eigenvalue weighted by Gasteiger charge is 2.21. The van der Waals surface area contributed by atoms with E-state index >= 15 is 0 Å². The van der Waals surface area contributed by atoms with Gasteiger partial charge in [-0.1, -0.05) is 0 Å². The molecular formula is C17H29NO4. The minimum absolute atomic E-state index is 0.522. The molecule has 0 aliphatic rings. The summed E-state index contributed by atoms with van der Waals surface area (Å²) in [5.74, 6) is 1.95. The lowest BCUT2D eigenvalue weighted by Crippen LogP contribution is -2.17. The molecule has 0 aliphatic heterocycles. The van der Waals surface area contributed by atoms with Gasteiger partial charge in [-0.3, -0.25) is 0 Å². The van der Waals surface area contributed by atoms with Crippen LogP contribution in [-0.2, 0) is 0 Å². The fourth-order valence-electron chi connectivity index (χ4n) is 2.23. The molecule has 0 aromatic heterocycles. The van der Waals surface area contributed by atoms with E-state index < -0.39 is 6.10 Å². The number of nitrogens with zero attached hydrogens (tertiary/aromatic N) is 1. The van der Waals surface area contributed by atoms with Gasteiger partial charge in [-0.2, -0.15) is 0 Å². The van der Waals surface area contributed by atoms with E-state index in [1.54, 1.807) is 0 Å². The molecule has 1 aromatic carbocycles. The van der Waals surface area contributed by atoms with E-state index in [1.165, 1.54) is 0 Å². The predicted octanol–water partition coefficient (Wildman–Crippen LogP) is 2.87. The summed E-state index contributed by atoms with van der Waals surface area (Å²) in [4.78, 5) is 2.04. The van der Waals surface area contributed by atoms with Crippen molar-refractivity contribution in [2.75, 3.05) is 40.5 Å². The van der Waals surface area contributed by atoms with E-state index in [9.17, 15) is 5.11 Å². The van der Waals surface area contributed by atoms with Crippen LogP contribution in [0.4, 0.5) is 0 Å². The van der Waals surface area contributed by atoms with E-state index in [0.29, 0.717) is 49.1 Å². The van der Waals surface area contributed by atoms with Gasteiger partial charge in [0.25, 0.3) is 0 Å². The lowest BCUT2D eigenvalue weighted by Gasteiger charge is -2.22. The molecule has 0 saturated carbocycles. The smallest absolute Gasteiger partial charge is 0.132 e. The Morgan fingerprint density at radius 2 is 1.45 bits per heavy atom. The Morgan fingerprint density at radius 1 is 0.955 bits per heavy atom. The molecule has 22 heavy (non-hydrogen) atoms. The normalized spacial score (nSPS) is 12.3. The monoisotopic (exact) mass is 311 g/mol. The summed E-state index contributed by atoms with van der Waals surface area (Å²) in [5.41, 5.74) is 0.703. The molecule has 0 radical (unpaired) electrons. The van der Waals surface area contributed by atoms with Crippen LogP contribution in [0.2, 0.25) is 0 Å². The Hall–Kier alpha value is -1.46. The molecular weight excluding hydrogens is 282 g/mol. The Kier molecular flexibility index (Phi) is 8.06. The van der Waals surface area contributed by atoms with Gasteiger partial charge in [0.1, 0.15) is 17.2 Å². The summed E-state index contributed by atoms with van der Waals surface area (Å²) < 4.78 is 17.0. The van der Waals surface area contributed by atoms with Crippen LogP contribution in [0.3, 0.4) is 0 Å². The van der Waals surface area contributed by atoms with Crippen molar-refractivity contribution >= 4 is 0 Å². The quantitative estimate of drug-likeness (QED) is 0.720. The Morgan fingerprint density at radius 3 is 1.86 bits per heavy atom. The first-order valence-electron chi connectivity index (χ1n) is 7.92. The van der Waals surface area contributed by atoms with E-state index in [-0.39, 0.29) is 0 Å². The van der Waals surface area contributed by atoms with Gasteiger partial charge in [0.15, 0.2) is 0 Å². The minimum Gasteiger partial charge on any atom is -0.494 e. The summed E-state index contributed by atoms with van der Waals surface area (Å²) in [6.45, 7) is 8.17. The van der Waals surface area contributed by atoms with Crippen LogP contribution in [0.5, 0.6) is 17.2 Å². The van der Waals surface area contributed by atoms with Crippen LogP contribution < -0.4 is 14.2 Å². The van der Waals surface area contributed by atoms with Crippen LogP contribution in [0, 0.1) is 0 Å². The standard InChI is InChI=1S/C17H29NO4/c1-6-20-13-11-15(21-7-2)17(16(12-13)22-8-3)14(19)9-10-18(4)5/h11-12,14,19H,6-10H2,1-5H3. The maximum Gasteiger partial charge on any atom is 0.132 e. The van der Waals surface area contributed by atoms with Crippen molar-refractivity contribution in [2.24, 2.45) is 0 Å². The van der Waals surface area contributed by atoms with Crippen molar-refractivity contribution in [1.82, 2.24) is 4.90 Å². The summed E-state index contributed by atoms with van der Waals surface area (Å²) in [7, 11) is 3.97. The number of benzene rings is 1. The van der Waals surface area contributed by atoms with Crippen LogP contribution in [0.25, 0.3) is 0 Å². The van der Waals surface area contributed by atoms with E-state index in [1.807, 2.05) is 51.9 Å². The molecule has 1 atom stereocenters. The molecule has 126 valence electrons. The van der Waals surface area contributed by atoms with E-state index in [0.717, 1.165) is 6.54 Å². The zero-order chi connectivity index (χ0) is 16.5. The second kappa shape index (κ2) is 9.54. The zero-order valence-corrected chi connectivity index (χ0v) is 14.4. The maximum atomic E-state index is 10.6. The highest BCUT2D eigenvalue weighted by Crippen LogP contribution is 2.39. The third-order valence-electron chi connectivity index (χ3n) is 3.17. The Bertz CT molecular complexity index is 421. The van der Waals surface area contributed by atoms with Gasteiger partial charge >= 0.3 is 0 Å². The van der Waals surface area contributed by atoms with Crippen molar-refractivity contribution < 1.29 is 19.3 Å². The third-order valence-corrected chi connectivity index (χ3v) is 3.17. The average Bonchev–Trinajstić information content (AvgIpc) is 2.46. The van der Waals surface area contributed by atoms with Crippen molar-refractivity contribution in [3.63, 3.8) is 0 Å². The molecule has 0 heterocycles. The van der Waals surface area contributed by atoms with Crippen LogP contribution >= 0.6 is 0 Å². The van der Waals surface area contributed by atoms with Crippen LogP contribution in [0.1, 0.15) is 38.9 Å². The first-order valence-corrected chi connectivity index (χ1v) is 7.92. The molecule has 1 unspecified atom stereocenters. The van der Waals surface area contributed by atoms with Gasteiger partial charge in [-0.25, -0.2) is 0 Å². The number of hydrogen-bond donors (Lipinski definition) is 1. The molecule has 0 spiro atoms. The highest BCUT2D eigenvalue weighted by atomic mass is 16.5. The molecule has 0 bridgehead atoms. The van der Waals surface area contributed by atoms with E-state index in [4.69, 9.17) is 14.2 Å². The number of hydrogen-bond acceptors (Lipinski definition) is 5. The number of aliphatic hydroxyl groups is 1. The largest absolute Gasteiger partial charge is 0.494 e. The van der Waals surface area contributed by atoms with Gasteiger partial charge in [0.05, 0.1) is 31.5 Å². The predicted molar refractivity (Wildman–Crippen MR) is 88.1 cm³/mol. The summed E-state index contributed by atoms with van der Waals surface area (Å²) in [5, 5.41) is 10.6. The van der Waals surface area contributed by atoms with Gasteiger partial charge in [-0.15, -0.1) is 0 Å². The molecule has 0 amide bonds. The number of ether oxygens (including phenoxy) is 3. The fourth-order valence-corrected chi connectivity index (χ4v) is 2.23. The molecule has 5 nitrogen and oxygen atoms in total. The Labute approximate surface area is 133 Å². The summed E-state index contributed by atoms with van der Waals surface area (Å²) >= 11 is 0. The highest BCUT2D eigenvalue weighted by molar-refractivity contribution is 5.52. The van der Waals surface area contributed by atoms with Crippen LogP contribution in [0.15, 0.2) is 12.1 Å². The molecule has 0 saturated heterocycles. The summed E-state index contributed by atoms with van der Waals surface area (Å²) in [6, 6.07) is 3.65. The first-order chi connectivity index (χ1) is 10.5. The second-order valence-corrected chi connectivity index (χ2v) is 5.24. The van der Waals surface area contributed by atoms with Crippen molar-refractivity contribution in [2.45, 2.75) is 33.3 Å². The van der Waals surface area contributed by atoms with Gasteiger partial charge in [0, 0.05) is 18.7 Å². The molecule has 0 aliphatic carbocycles. The van der Waals surface area contributed by atoms with Gasteiger partial charge in [-0.05, 0) is 41.3 Å². The van der Waals surface area contributed by atoms with Crippen molar-refractivity contribution in [3.8, 4) is 17.2 Å². The minimum atomic E-state index is -0.638. The second-order valence-electron chi connectivity index (χ2n) is 5.24. The molecule has 5 heteroatoms. The SMILES string of the molecule is CCOc1cc(OCC)c(C(O)CCN(C)C)c(OCC)c1. The lowest BCUT2D eigenvalue weighted by atomic mass is 10.0. The number of rotatable bonds is 10. The third kappa shape index (κ3) is 5.39. The first kappa shape index (κ1) is 18.6. The van der Waals surface area contributed by atoms with Gasteiger partial charge < -0.3 is 24.2 Å². The zero-order valence-electron chi connectivity index (χ0n) is 14.4. The average molecular weight is 311 g/mol. The van der Waals surface area contributed by atoms with Crippen molar-refractivity contribution in [3.05, 3.63) is 17.7 Å². The topological polar surface area (TPSA) is 51.2 Å². The maximum absolute atomic E-state index is 10.6. The molecule has 1 aromatic rings. The van der Waals surface area contributed by atoms with Crippen molar-refractivity contribution in [1.29, 1.82) is 0 Å². The van der Waals surface area contributed by atoms with Crippen LogP contribution in [-0.4, -0.2) is 50.5 Å². The lowest BCUT2D eigenvalue weighted by molar-refractivity contribution is 0.144. The molecule has 1 rings (SSSR count).